The highest BCUT2D eigenvalue weighted by Gasteiger charge is 2.60. The van der Waals surface area contributed by atoms with Crippen LogP contribution in [0.3, 0.4) is 0 Å². The highest BCUT2D eigenvalue weighted by Crippen LogP contribution is 2.68. The van der Waals surface area contributed by atoms with E-state index in [4.69, 9.17) is 11.6 Å². The number of hydrogen-bond acceptors (Lipinski definition) is 1. The van der Waals surface area contributed by atoms with Crippen molar-refractivity contribution < 1.29 is 9.90 Å². The van der Waals surface area contributed by atoms with Crippen molar-refractivity contribution in [3.05, 3.63) is 34.9 Å². The van der Waals surface area contributed by atoms with Crippen LogP contribution in [0.1, 0.15) is 51.0 Å². The Hall–Kier alpha value is -1.02. The number of carbonyl (C=O) groups is 1. The Bertz CT molecular complexity index is 622. The molecule has 23 heavy (non-hydrogen) atoms. The highest BCUT2D eigenvalue weighted by atomic mass is 35.5. The first-order valence-corrected chi connectivity index (χ1v) is 9.23. The lowest BCUT2D eigenvalue weighted by atomic mass is 9.40. The fourth-order valence-corrected chi connectivity index (χ4v) is 6.74. The van der Waals surface area contributed by atoms with Crippen LogP contribution in [0.25, 0.3) is 0 Å². The summed E-state index contributed by atoms with van der Waals surface area (Å²) in [6, 6.07) is 8.02. The van der Waals surface area contributed by atoms with Crippen LogP contribution in [-0.2, 0) is 11.2 Å². The molecule has 1 aromatic rings. The van der Waals surface area contributed by atoms with E-state index in [1.807, 2.05) is 18.2 Å². The lowest BCUT2D eigenvalue weighted by Crippen LogP contribution is -2.57. The van der Waals surface area contributed by atoms with Gasteiger partial charge in [0.05, 0.1) is 6.42 Å². The van der Waals surface area contributed by atoms with Crippen molar-refractivity contribution in [2.75, 3.05) is 0 Å². The average Bonchev–Trinajstić information content (AvgIpc) is 2.42. The summed E-state index contributed by atoms with van der Waals surface area (Å²) in [6.07, 6.45) is 7.46. The topological polar surface area (TPSA) is 37.3 Å². The Balaban J connectivity index is 1.71. The van der Waals surface area contributed by atoms with Crippen LogP contribution in [0.15, 0.2) is 24.3 Å². The van der Waals surface area contributed by atoms with Crippen molar-refractivity contribution in [2.24, 2.45) is 28.6 Å². The van der Waals surface area contributed by atoms with Gasteiger partial charge in [0.25, 0.3) is 0 Å². The molecule has 4 saturated carbocycles. The van der Waals surface area contributed by atoms with Crippen LogP contribution in [-0.4, -0.2) is 11.1 Å². The van der Waals surface area contributed by atoms with Gasteiger partial charge in [0.2, 0.25) is 0 Å². The van der Waals surface area contributed by atoms with Crippen molar-refractivity contribution in [1.29, 1.82) is 0 Å². The minimum Gasteiger partial charge on any atom is -0.481 e. The van der Waals surface area contributed by atoms with Gasteiger partial charge in [-0.3, -0.25) is 4.79 Å². The van der Waals surface area contributed by atoms with Gasteiger partial charge in [-0.25, -0.2) is 0 Å². The Morgan fingerprint density at radius 2 is 1.96 bits per heavy atom. The highest BCUT2D eigenvalue weighted by molar-refractivity contribution is 6.30. The SMILES string of the molecule is CC12CC3CC(C1)C(CC(=O)O)(Cc1cccc(Cl)c1)C(C3)C2. The third-order valence-electron chi connectivity index (χ3n) is 7.02. The van der Waals surface area contributed by atoms with Crippen LogP contribution in [0.4, 0.5) is 0 Å². The minimum absolute atomic E-state index is 0.0626. The summed E-state index contributed by atoms with van der Waals surface area (Å²) in [4.78, 5) is 11.7. The minimum atomic E-state index is -0.635. The molecule has 0 spiro atoms. The normalized spacial score (nSPS) is 41.2. The molecule has 4 bridgehead atoms. The number of hydrogen-bond donors (Lipinski definition) is 1. The van der Waals surface area contributed by atoms with Crippen molar-refractivity contribution in [1.82, 2.24) is 0 Å². The second kappa shape index (κ2) is 5.24. The van der Waals surface area contributed by atoms with E-state index >= 15 is 0 Å². The quantitative estimate of drug-likeness (QED) is 0.823. The van der Waals surface area contributed by atoms with Gasteiger partial charge in [0.15, 0.2) is 0 Å². The zero-order valence-corrected chi connectivity index (χ0v) is 14.5. The Morgan fingerprint density at radius 3 is 2.52 bits per heavy atom. The van der Waals surface area contributed by atoms with E-state index in [-0.39, 0.29) is 5.41 Å². The molecule has 4 aliphatic carbocycles. The summed E-state index contributed by atoms with van der Waals surface area (Å²) in [5.74, 6) is 1.33. The van der Waals surface area contributed by atoms with E-state index in [1.165, 1.54) is 37.7 Å². The lowest BCUT2D eigenvalue weighted by molar-refractivity contribution is -0.167. The van der Waals surface area contributed by atoms with Crippen molar-refractivity contribution >= 4 is 17.6 Å². The monoisotopic (exact) mass is 332 g/mol. The van der Waals surface area contributed by atoms with E-state index < -0.39 is 5.97 Å². The first-order chi connectivity index (χ1) is 10.9. The lowest BCUT2D eigenvalue weighted by Gasteiger charge is -2.65. The molecule has 5 rings (SSSR count). The number of halogens is 1. The van der Waals surface area contributed by atoms with E-state index in [2.05, 4.69) is 13.0 Å². The van der Waals surface area contributed by atoms with Gasteiger partial charge in [-0.1, -0.05) is 30.7 Å². The molecule has 0 radical (unpaired) electrons. The summed E-state index contributed by atoms with van der Waals surface area (Å²) < 4.78 is 0. The van der Waals surface area contributed by atoms with E-state index in [0.717, 1.165) is 17.4 Å². The fourth-order valence-electron chi connectivity index (χ4n) is 6.53. The molecule has 0 aromatic heterocycles. The molecule has 124 valence electrons. The van der Waals surface area contributed by atoms with Crippen LogP contribution in [0.5, 0.6) is 0 Å². The first-order valence-electron chi connectivity index (χ1n) is 8.85. The van der Waals surface area contributed by atoms with Crippen molar-refractivity contribution in [3.8, 4) is 0 Å². The maximum absolute atomic E-state index is 11.7. The molecular formula is C20H25ClO2. The third-order valence-corrected chi connectivity index (χ3v) is 7.26. The number of aliphatic carboxylic acids is 1. The van der Waals surface area contributed by atoms with Crippen LogP contribution in [0, 0.1) is 28.6 Å². The van der Waals surface area contributed by atoms with Gasteiger partial charge in [0.1, 0.15) is 0 Å². The molecule has 2 atom stereocenters. The van der Waals surface area contributed by atoms with Gasteiger partial charge >= 0.3 is 5.97 Å². The second-order valence-corrected chi connectivity index (χ2v) is 9.20. The van der Waals surface area contributed by atoms with Gasteiger partial charge in [-0.15, -0.1) is 0 Å². The second-order valence-electron chi connectivity index (χ2n) is 8.76. The maximum atomic E-state index is 11.7. The summed E-state index contributed by atoms with van der Waals surface area (Å²) in [5, 5.41) is 10.4. The molecule has 1 aromatic carbocycles. The molecule has 4 fully saturated rings. The van der Waals surface area contributed by atoms with Crippen LogP contribution < -0.4 is 0 Å². The maximum Gasteiger partial charge on any atom is 0.303 e. The van der Waals surface area contributed by atoms with Gasteiger partial charge < -0.3 is 5.11 Å². The predicted octanol–water partition coefficient (Wildman–Crippen LogP) is 5.19. The van der Waals surface area contributed by atoms with Gasteiger partial charge in [-0.05, 0) is 84.8 Å². The summed E-state index contributed by atoms with van der Waals surface area (Å²) in [5.41, 5.74) is 1.61. The van der Waals surface area contributed by atoms with Gasteiger partial charge in [-0.2, -0.15) is 0 Å². The largest absolute Gasteiger partial charge is 0.481 e. The fraction of sp³-hybridized carbons (Fsp3) is 0.650. The molecule has 3 heteroatoms. The third kappa shape index (κ3) is 2.59. The van der Waals surface area contributed by atoms with Gasteiger partial charge in [0, 0.05) is 5.02 Å². The molecule has 4 aliphatic rings. The zero-order valence-electron chi connectivity index (χ0n) is 13.7. The molecule has 0 amide bonds. The number of carboxylic acid groups (broad SMARTS) is 1. The van der Waals surface area contributed by atoms with E-state index in [0.29, 0.717) is 23.7 Å². The van der Waals surface area contributed by atoms with Crippen molar-refractivity contribution in [2.45, 2.75) is 51.9 Å². The molecule has 0 heterocycles. The predicted molar refractivity (Wildman–Crippen MR) is 91.5 cm³/mol. The zero-order chi connectivity index (χ0) is 16.2. The summed E-state index contributed by atoms with van der Waals surface area (Å²) in [6.45, 7) is 2.43. The van der Waals surface area contributed by atoms with Crippen molar-refractivity contribution in [3.63, 3.8) is 0 Å². The number of carboxylic acids is 1. The average molecular weight is 333 g/mol. The molecule has 0 aliphatic heterocycles. The van der Waals surface area contributed by atoms with Crippen LogP contribution >= 0.6 is 11.6 Å². The summed E-state index contributed by atoms with van der Waals surface area (Å²) in [7, 11) is 0. The Kier molecular flexibility index (Phi) is 3.53. The Labute approximate surface area is 143 Å². The molecule has 2 unspecified atom stereocenters. The molecule has 1 N–H and O–H groups in total. The van der Waals surface area contributed by atoms with E-state index in [1.54, 1.807) is 0 Å². The molecule has 2 nitrogen and oxygen atoms in total. The summed E-state index contributed by atoms with van der Waals surface area (Å²) >= 11 is 6.17. The van der Waals surface area contributed by atoms with E-state index in [9.17, 15) is 9.90 Å². The first kappa shape index (κ1) is 15.5. The Morgan fingerprint density at radius 1 is 1.26 bits per heavy atom. The molecular weight excluding hydrogens is 308 g/mol. The number of rotatable bonds is 4. The molecule has 0 saturated heterocycles. The van der Waals surface area contributed by atoms with Crippen LogP contribution in [0.2, 0.25) is 5.02 Å². The number of benzene rings is 1. The standard InChI is InChI=1S/C20H25ClO2/c1-19-8-14-5-15(10-19)20(12-18(22)23,16(6-14)11-19)9-13-3-2-4-17(21)7-13/h2-4,7,14-16H,5-6,8-12H2,1H3,(H,22,23). The smallest absolute Gasteiger partial charge is 0.303 e.